The number of aromatic nitrogens is 2. The fourth-order valence-electron chi connectivity index (χ4n) is 2.54. The molecule has 0 aliphatic heterocycles. The Balaban J connectivity index is 1.59. The topological polar surface area (TPSA) is 102 Å². The number of ether oxygens (including phenoxy) is 1. The molecule has 0 aliphatic rings. The van der Waals surface area contributed by atoms with Crippen molar-refractivity contribution in [3.8, 4) is 0 Å². The molecule has 164 valence electrons. The van der Waals surface area contributed by atoms with Crippen molar-refractivity contribution in [2.75, 3.05) is 16.4 Å². The standard InChI is InChI=1S/C20H21FN4O4S2/c1-20(2,3)29-19(28)24-14-5-4-12(21)8-15(14)23-16(26)11-30-10-13-9-17(27)25-6-7-31-18(25)22-13/h4-9H,10-11H2,1-3H3,(H,23,26)(H,24,28). The van der Waals surface area contributed by atoms with E-state index in [2.05, 4.69) is 15.6 Å². The third kappa shape index (κ3) is 6.53. The Labute approximate surface area is 185 Å². The van der Waals surface area contributed by atoms with E-state index < -0.39 is 23.4 Å². The van der Waals surface area contributed by atoms with Crippen molar-refractivity contribution in [2.24, 2.45) is 0 Å². The van der Waals surface area contributed by atoms with Crippen LogP contribution in [0.3, 0.4) is 0 Å². The lowest BCUT2D eigenvalue weighted by Gasteiger charge is -2.20. The van der Waals surface area contributed by atoms with Crippen LogP contribution in [0.1, 0.15) is 26.5 Å². The molecule has 0 unspecified atom stereocenters. The van der Waals surface area contributed by atoms with Crippen molar-refractivity contribution < 1.29 is 18.7 Å². The molecule has 0 radical (unpaired) electrons. The Hall–Kier alpha value is -2.92. The third-order valence-corrected chi connectivity index (χ3v) is 5.45. The molecule has 11 heteroatoms. The lowest BCUT2D eigenvalue weighted by atomic mass is 10.2. The fourth-order valence-corrected chi connectivity index (χ4v) is 3.99. The Morgan fingerprint density at radius 3 is 2.74 bits per heavy atom. The van der Waals surface area contributed by atoms with E-state index in [1.165, 1.54) is 45.7 Å². The monoisotopic (exact) mass is 464 g/mol. The summed E-state index contributed by atoms with van der Waals surface area (Å²) in [6.45, 7) is 5.16. The van der Waals surface area contributed by atoms with Crippen LogP contribution >= 0.6 is 23.1 Å². The van der Waals surface area contributed by atoms with Gasteiger partial charge in [-0.05, 0) is 39.0 Å². The predicted molar refractivity (Wildman–Crippen MR) is 120 cm³/mol. The van der Waals surface area contributed by atoms with Crippen LogP contribution in [0.25, 0.3) is 4.96 Å². The summed E-state index contributed by atoms with van der Waals surface area (Å²) < 4.78 is 20.3. The second kappa shape index (κ2) is 9.48. The zero-order chi connectivity index (χ0) is 22.6. The highest BCUT2D eigenvalue weighted by molar-refractivity contribution is 7.99. The summed E-state index contributed by atoms with van der Waals surface area (Å²) in [5.74, 6) is -0.541. The molecular formula is C20H21FN4O4S2. The fraction of sp³-hybridized carbons (Fsp3) is 0.300. The Morgan fingerprint density at radius 2 is 2.00 bits per heavy atom. The number of carbonyl (C=O) groups excluding carboxylic acids is 2. The van der Waals surface area contributed by atoms with Gasteiger partial charge in [-0.3, -0.25) is 19.3 Å². The van der Waals surface area contributed by atoms with E-state index in [0.29, 0.717) is 16.4 Å². The van der Waals surface area contributed by atoms with E-state index in [0.717, 1.165) is 6.07 Å². The molecule has 0 spiro atoms. The SMILES string of the molecule is CC(C)(C)OC(=O)Nc1ccc(F)cc1NC(=O)CSCc1cc(=O)n2ccsc2n1. The van der Waals surface area contributed by atoms with Gasteiger partial charge in [-0.15, -0.1) is 23.1 Å². The molecule has 0 bridgehead atoms. The minimum Gasteiger partial charge on any atom is -0.444 e. The molecule has 8 nitrogen and oxygen atoms in total. The van der Waals surface area contributed by atoms with Crippen molar-refractivity contribution in [1.82, 2.24) is 9.38 Å². The first-order chi connectivity index (χ1) is 14.6. The van der Waals surface area contributed by atoms with Crippen LogP contribution in [0.15, 0.2) is 40.6 Å². The molecular weight excluding hydrogens is 443 g/mol. The number of carbonyl (C=O) groups is 2. The molecule has 2 amide bonds. The average Bonchev–Trinajstić information content (AvgIpc) is 3.11. The van der Waals surface area contributed by atoms with Gasteiger partial charge < -0.3 is 10.1 Å². The number of fused-ring (bicyclic) bond motifs is 1. The maximum atomic E-state index is 13.7. The summed E-state index contributed by atoms with van der Waals surface area (Å²) in [5, 5.41) is 6.87. The highest BCUT2D eigenvalue weighted by Crippen LogP contribution is 2.24. The summed E-state index contributed by atoms with van der Waals surface area (Å²) in [4.78, 5) is 41.3. The first-order valence-corrected chi connectivity index (χ1v) is 11.3. The van der Waals surface area contributed by atoms with Gasteiger partial charge in [-0.25, -0.2) is 14.2 Å². The van der Waals surface area contributed by atoms with Crippen molar-refractivity contribution in [1.29, 1.82) is 0 Å². The molecule has 0 atom stereocenters. The number of thioether (sulfide) groups is 1. The zero-order valence-electron chi connectivity index (χ0n) is 17.1. The van der Waals surface area contributed by atoms with E-state index in [-0.39, 0.29) is 22.7 Å². The van der Waals surface area contributed by atoms with Crippen LogP contribution < -0.4 is 16.2 Å². The second-order valence-corrected chi connectivity index (χ2v) is 9.36. The number of nitrogens with one attached hydrogen (secondary N) is 2. The van der Waals surface area contributed by atoms with Crippen molar-refractivity contribution in [3.05, 3.63) is 57.7 Å². The molecule has 2 heterocycles. The van der Waals surface area contributed by atoms with Gasteiger partial charge in [0, 0.05) is 23.4 Å². The first kappa shape index (κ1) is 22.8. The minimum absolute atomic E-state index is 0.0495. The van der Waals surface area contributed by atoms with Crippen LogP contribution in [-0.2, 0) is 15.3 Å². The van der Waals surface area contributed by atoms with E-state index in [1.807, 2.05) is 0 Å². The third-order valence-electron chi connectivity index (χ3n) is 3.73. The van der Waals surface area contributed by atoms with Gasteiger partial charge in [-0.1, -0.05) is 0 Å². The number of amides is 2. The molecule has 1 aromatic carbocycles. The largest absolute Gasteiger partial charge is 0.444 e. The number of nitrogens with zero attached hydrogens (tertiary/aromatic N) is 2. The van der Waals surface area contributed by atoms with Gasteiger partial charge in [-0.2, -0.15) is 0 Å². The molecule has 0 saturated heterocycles. The van der Waals surface area contributed by atoms with Crippen molar-refractivity contribution in [3.63, 3.8) is 0 Å². The summed E-state index contributed by atoms with van der Waals surface area (Å²) in [7, 11) is 0. The maximum absolute atomic E-state index is 13.7. The van der Waals surface area contributed by atoms with Gasteiger partial charge in [0.2, 0.25) is 5.91 Å². The smallest absolute Gasteiger partial charge is 0.412 e. The molecule has 2 N–H and O–H groups in total. The number of anilines is 2. The van der Waals surface area contributed by atoms with Crippen LogP contribution in [0.4, 0.5) is 20.6 Å². The van der Waals surface area contributed by atoms with Crippen molar-refractivity contribution in [2.45, 2.75) is 32.1 Å². The van der Waals surface area contributed by atoms with Crippen LogP contribution in [0, 0.1) is 5.82 Å². The minimum atomic E-state index is -0.717. The number of rotatable bonds is 6. The number of benzene rings is 1. The second-order valence-electron chi connectivity index (χ2n) is 7.50. The lowest BCUT2D eigenvalue weighted by molar-refractivity contribution is -0.113. The number of hydrogen-bond acceptors (Lipinski definition) is 7. The van der Waals surface area contributed by atoms with Crippen molar-refractivity contribution >= 4 is 51.4 Å². The molecule has 0 fully saturated rings. The van der Waals surface area contributed by atoms with E-state index in [4.69, 9.17) is 4.74 Å². The molecule has 3 aromatic rings. The first-order valence-electron chi connectivity index (χ1n) is 9.24. The zero-order valence-corrected chi connectivity index (χ0v) is 18.7. The normalized spacial score (nSPS) is 11.4. The number of thiazole rings is 1. The Bertz CT molecular complexity index is 1170. The Kier molecular flexibility index (Phi) is 6.96. The van der Waals surface area contributed by atoms with Gasteiger partial charge in [0.1, 0.15) is 11.4 Å². The summed E-state index contributed by atoms with van der Waals surface area (Å²) in [6, 6.07) is 5.06. The molecule has 31 heavy (non-hydrogen) atoms. The maximum Gasteiger partial charge on any atom is 0.412 e. The van der Waals surface area contributed by atoms with E-state index in [9.17, 15) is 18.8 Å². The van der Waals surface area contributed by atoms with Crippen LogP contribution in [-0.4, -0.2) is 32.7 Å². The van der Waals surface area contributed by atoms with Crippen LogP contribution in [0.5, 0.6) is 0 Å². The predicted octanol–water partition coefficient (Wildman–Crippen LogP) is 4.11. The van der Waals surface area contributed by atoms with Gasteiger partial charge in [0.15, 0.2) is 4.96 Å². The van der Waals surface area contributed by atoms with Crippen LogP contribution in [0.2, 0.25) is 0 Å². The van der Waals surface area contributed by atoms with E-state index in [1.54, 1.807) is 32.3 Å². The summed E-state index contributed by atoms with van der Waals surface area (Å²) in [6.07, 6.45) is 0.937. The molecule has 3 rings (SSSR count). The Morgan fingerprint density at radius 1 is 1.23 bits per heavy atom. The van der Waals surface area contributed by atoms with E-state index >= 15 is 0 Å². The molecule has 2 aromatic heterocycles. The quantitative estimate of drug-likeness (QED) is 0.569. The highest BCUT2D eigenvalue weighted by atomic mass is 32.2. The average molecular weight is 465 g/mol. The van der Waals surface area contributed by atoms with Gasteiger partial charge >= 0.3 is 6.09 Å². The number of hydrogen-bond donors (Lipinski definition) is 2. The molecule has 0 saturated carbocycles. The number of halogens is 1. The highest BCUT2D eigenvalue weighted by Gasteiger charge is 2.18. The summed E-state index contributed by atoms with van der Waals surface area (Å²) >= 11 is 2.61. The lowest BCUT2D eigenvalue weighted by Crippen LogP contribution is -2.27. The van der Waals surface area contributed by atoms with Gasteiger partial charge in [0.05, 0.1) is 22.8 Å². The van der Waals surface area contributed by atoms with Gasteiger partial charge in [0.25, 0.3) is 5.56 Å². The molecule has 0 aliphatic carbocycles. The summed E-state index contributed by atoms with van der Waals surface area (Å²) in [5.41, 5.74) is 0.0270.